The topological polar surface area (TPSA) is 38.5 Å². The Balaban J connectivity index is 1.64. The van der Waals surface area contributed by atoms with Gasteiger partial charge in [-0.3, -0.25) is 0 Å². The van der Waals surface area contributed by atoms with E-state index in [-0.39, 0.29) is 6.04 Å². The summed E-state index contributed by atoms with van der Waals surface area (Å²) in [6, 6.07) is 10.9. The lowest BCUT2D eigenvalue weighted by Crippen LogP contribution is -2.47. The third-order valence-electron chi connectivity index (χ3n) is 4.35. The van der Waals surface area contributed by atoms with E-state index in [4.69, 9.17) is 10.5 Å². The first-order valence-corrected chi connectivity index (χ1v) is 9.43. The van der Waals surface area contributed by atoms with Crippen molar-refractivity contribution in [2.75, 3.05) is 24.6 Å². The van der Waals surface area contributed by atoms with E-state index in [1.807, 2.05) is 0 Å². The van der Waals surface area contributed by atoms with Crippen LogP contribution in [-0.2, 0) is 6.42 Å². The smallest absolute Gasteiger partial charge is 0.119 e. The molecule has 2 heterocycles. The summed E-state index contributed by atoms with van der Waals surface area (Å²) in [6.07, 6.45) is 3.28. The van der Waals surface area contributed by atoms with Crippen molar-refractivity contribution in [1.29, 1.82) is 0 Å². The predicted molar refractivity (Wildman–Crippen MR) is 98.5 cm³/mol. The van der Waals surface area contributed by atoms with Crippen LogP contribution in [0, 0.1) is 5.92 Å². The lowest BCUT2D eigenvalue weighted by molar-refractivity contribution is 0.317. The summed E-state index contributed by atoms with van der Waals surface area (Å²) in [5.74, 6) is 1.58. The first kappa shape index (κ1) is 16.3. The molecule has 2 atom stereocenters. The van der Waals surface area contributed by atoms with E-state index in [1.165, 1.54) is 11.3 Å². The summed E-state index contributed by atoms with van der Waals surface area (Å²) in [7, 11) is 0. The second kappa shape index (κ2) is 7.84. The quantitative estimate of drug-likeness (QED) is 0.872. The molecule has 0 amide bonds. The number of nitrogens with zero attached hydrogens (tertiary/aromatic N) is 1. The molecule has 2 aromatic rings. The average molecular weight is 330 g/mol. The van der Waals surface area contributed by atoms with Crippen LogP contribution in [0.4, 0.5) is 5.69 Å². The van der Waals surface area contributed by atoms with Gasteiger partial charge in [-0.15, -0.1) is 0 Å². The summed E-state index contributed by atoms with van der Waals surface area (Å²) >= 11 is 1.78. The van der Waals surface area contributed by atoms with Gasteiger partial charge in [0, 0.05) is 24.8 Å². The van der Waals surface area contributed by atoms with Gasteiger partial charge < -0.3 is 15.4 Å². The highest BCUT2D eigenvalue weighted by atomic mass is 32.1. The van der Waals surface area contributed by atoms with Crippen LogP contribution in [0.5, 0.6) is 5.75 Å². The number of rotatable bonds is 6. The molecule has 1 aliphatic rings. The third-order valence-corrected chi connectivity index (χ3v) is 5.08. The van der Waals surface area contributed by atoms with Crippen molar-refractivity contribution in [2.24, 2.45) is 11.7 Å². The fourth-order valence-electron chi connectivity index (χ4n) is 3.32. The van der Waals surface area contributed by atoms with Crippen LogP contribution in [0.3, 0.4) is 0 Å². The molecule has 0 aliphatic carbocycles. The molecule has 1 aromatic carbocycles. The number of hydrogen-bond acceptors (Lipinski definition) is 4. The van der Waals surface area contributed by atoms with Gasteiger partial charge in [-0.1, -0.05) is 6.92 Å². The van der Waals surface area contributed by atoms with Gasteiger partial charge in [0.2, 0.25) is 0 Å². The Morgan fingerprint density at radius 3 is 2.74 bits per heavy atom. The fourth-order valence-corrected chi connectivity index (χ4v) is 4.00. The molecule has 1 aliphatic heterocycles. The number of hydrogen-bond donors (Lipinski definition) is 1. The minimum atomic E-state index is 0.253. The number of anilines is 1. The zero-order valence-electron chi connectivity index (χ0n) is 13.8. The van der Waals surface area contributed by atoms with Crippen molar-refractivity contribution in [3.05, 3.63) is 46.7 Å². The molecule has 3 nitrogen and oxygen atoms in total. The molecule has 0 spiro atoms. The van der Waals surface area contributed by atoms with Crippen LogP contribution in [0.15, 0.2) is 41.1 Å². The van der Waals surface area contributed by atoms with Crippen molar-refractivity contribution in [3.63, 3.8) is 0 Å². The largest absolute Gasteiger partial charge is 0.494 e. The van der Waals surface area contributed by atoms with E-state index in [0.717, 1.165) is 44.7 Å². The highest BCUT2D eigenvalue weighted by Gasteiger charge is 2.25. The monoisotopic (exact) mass is 330 g/mol. The zero-order valence-corrected chi connectivity index (χ0v) is 14.6. The molecule has 4 heteroatoms. The summed E-state index contributed by atoms with van der Waals surface area (Å²) in [4.78, 5) is 2.43. The summed E-state index contributed by atoms with van der Waals surface area (Å²) < 4.78 is 5.67. The van der Waals surface area contributed by atoms with E-state index < -0.39 is 0 Å². The van der Waals surface area contributed by atoms with Gasteiger partial charge in [0.25, 0.3) is 0 Å². The van der Waals surface area contributed by atoms with Crippen molar-refractivity contribution in [2.45, 2.75) is 32.2 Å². The molecule has 23 heavy (non-hydrogen) atoms. The number of benzene rings is 1. The lowest BCUT2D eigenvalue weighted by Gasteiger charge is -2.38. The molecule has 0 saturated carbocycles. The van der Waals surface area contributed by atoms with Crippen molar-refractivity contribution >= 4 is 17.0 Å². The Kier molecular flexibility index (Phi) is 5.57. The Bertz CT molecular complexity index is 582. The molecule has 2 unspecified atom stereocenters. The van der Waals surface area contributed by atoms with Crippen molar-refractivity contribution in [1.82, 2.24) is 0 Å². The number of ether oxygens (including phenoxy) is 1. The van der Waals surface area contributed by atoms with Crippen LogP contribution < -0.4 is 15.4 Å². The molecule has 0 radical (unpaired) electrons. The first-order valence-electron chi connectivity index (χ1n) is 8.49. The fraction of sp³-hybridized carbons (Fsp3) is 0.474. The maximum absolute atomic E-state index is 6.31. The third kappa shape index (κ3) is 4.49. The van der Waals surface area contributed by atoms with Gasteiger partial charge in [-0.05, 0) is 71.8 Å². The minimum Gasteiger partial charge on any atom is -0.494 e. The van der Waals surface area contributed by atoms with Crippen LogP contribution in [0.25, 0.3) is 0 Å². The van der Waals surface area contributed by atoms with Crippen LogP contribution in [0.1, 0.15) is 25.3 Å². The maximum atomic E-state index is 6.31. The van der Waals surface area contributed by atoms with Crippen molar-refractivity contribution in [3.8, 4) is 5.75 Å². The SMILES string of the molecule is CCCOc1ccc(N2CC(N)CC(Cc3ccsc3)C2)cc1. The molecule has 1 aromatic heterocycles. The molecular weight excluding hydrogens is 304 g/mol. The summed E-state index contributed by atoms with van der Waals surface area (Å²) in [5.41, 5.74) is 9.01. The summed E-state index contributed by atoms with van der Waals surface area (Å²) in [6.45, 7) is 4.92. The maximum Gasteiger partial charge on any atom is 0.119 e. The Morgan fingerprint density at radius 1 is 1.22 bits per heavy atom. The highest BCUT2D eigenvalue weighted by molar-refractivity contribution is 7.07. The van der Waals surface area contributed by atoms with Gasteiger partial charge in [0.15, 0.2) is 0 Å². The molecule has 2 N–H and O–H groups in total. The van der Waals surface area contributed by atoms with Gasteiger partial charge in [-0.2, -0.15) is 11.3 Å². The second-order valence-electron chi connectivity index (χ2n) is 6.44. The standard InChI is InChI=1S/C19H26N2OS/c1-2-8-22-19-5-3-18(4-6-19)21-12-16(11-17(20)13-21)10-15-7-9-23-14-15/h3-7,9,14,16-17H,2,8,10-13,20H2,1H3. The Morgan fingerprint density at radius 2 is 2.04 bits per heavy atom. The molecular formula is C19H26N2OS. The molecule has 1 fully saturated rings. The first-order chi connectivity index (χ1) is 11.2. The number of nitrogens with two attached hydrogens (primary N) is 1. The van der Waals surface area contributed by atoms with E-state index in [9.17, 15) is 0 Å². The molecule has 0 bridgehead atoms. The van der Waals surface area contributed by atoms with E-state index in [2.05, 4.69) is 52.9 Å². The second-order valence-corrected chi connectivity index (χ2v) is 7.22. The number of thiophene rings is 1. The molecule has 124 valence electrons. The lowest BCUT2D eigenvalue weighted by atomic mass is 9.89. The van der Waals surface area contributed by atoms with Crippen LogP contribution in [-0.4, -0.2) is 25.7 Å². The van der Waals surface area contributed by atoms with Gasteiger partial charge in [0.05, 0.1) is 6.61 Å². The van der Waals surface area contributed by atoms with Gasteiger partial charge >= 0.3 is 0 Å². The Hall–Kier alpha value is -1.52. The van der Waals surface area contributed by atoms with Gasteiger partial charge in [-0.25, -0.2) is 0 Å². The zero-order chi connectivity index (χ0) is 16.1. The molecule has 3 rings (SSSR count). The van der Waals surface area contributed by atoms with E-state index in [1.54, 1.807) is 11.3 Å². The van der Waals surface area contributed by atoms with Crippen LogP contribution >= 0.6 is 11.3 Å². The normalized spacial score (nSPS) is 21.4. The van der Waals surface area contributed by atoms with Gasteiger partial charge in [0.1, 0.15) is 5.75 Å². The minimum absolute atomic E-state index is 0.253. The average Bonchev–Trinajstić information content (AvgIpc) is 3.06. The van der Waals surface area contributed by atoms with Crippen LogP contribution in [0.2, 0.25) is 0 Å². The van der Waals surface area contributed by atoms with E-state index >= 15 is 0 Å². The highest BCUT2D eigenvalue weighted by Crippen LogP contribution is 2.27. The van der Waals surface area contributed by atoms with E-state index in [0.29, 0.717) is 5.92 Å². The Labute approximate surface area is 143 Å². The van der Waals surface area contributed by atoms with Crippen molar-refractivity contribution < 1.29 is 4.74 Å². The summed E-state index contributed by atoms with van der Waals surface area (Å²) in [5, 5.41) is 4.41. The molecule has 1 saturated heterocycles. The number of piperidine rings is 1. The predicted octanol–water partition coefficient (Wildman–Crippen LogP) is 3.93.